The lowest BCUT2D eigenvalue weighted by Gasteiger charge is -2.44. The molecule has 1 spiro atoms. The molecule has 1 unspecified atom stereocenters. The second-order valence-corrected chi connectivity index (χ2v) is 12.1. The number of benzene rings is 1. The van der Waals surface area contributed by atoms with E-state index >= 15 is 0 Å². The second kappa shape index (κ2) is 9.52. The van der Waals surface area contributed by atoms with Crippen LogP contribution in [0.5, 0.6) is 0 Å². The maximum atomic E-state index is 12.9. The first kappa shape index (κ1) is 25.1. The maximum absolute atomic E-state index is 12.9. The minimum atomic E-state index is -0.539. The van der Waals surface area contributed by atoms with E-state index in [1.165, 1.54) is 11.1 Å². The summed E-state index contributed by atoms with van der Waals surface area (Å²) in [7, 11) is 0. The third-order valence-electron chi connectivity index (χ3n) is 8.24. The van der Waals surface area contributed by atoms with E-state index in [1.54, 1.807) is 6.20 Å². The average molecular weight is 519 g/mol. The zero-order valence-corrected chi connectivity index (χ0v) is 22.9. The van der Waals surface area contributed by atoms with Crippen molar-refractivity contribution in [3.63, 3.8) is 0 Å². The summed E-state index contributed by atoms with van der Waals surface area (Å²) in [5.41, 5.74) is 4.44. The molecule has 202 valence electrons. The van der Waals surface area contributed by atoms with Crippen molar-refractivity contribution in [2.75, 3.05) is 24.6 Å². The molecule has 1 aliphatic carbocycles. The normalized spacial score (nSPS) is 23.0. The highest BCUT2D eigenvalue weighted by Gasteiger charge is 2.49. The Morgan fingerprint density at radius 2 is 1.95 bits per heavy atom. The molecular formula is C29H38N6O3. The Morgan fingerprint density at radius 1 is 1.16 bits per heavy atom. The molecule has 0 saturated carbocycles. The lowest BCUT2D eigenvalue weighted by Crippen LogP contribution is -2.48. The lowest BCUT2D eigenvalue weighted by atomic mass is 9.72. The van der Waals surface area contributed by atoms with Gasteiger partial charge in [0.05, 0.1) is 17.9 Å². The van der Waals surface area contributed by atoms with Gasteiger partial charge in [-0.3, -0.25) is 0 Å². The van der Waals surface area contributed by atoms with Crippen molar-refractivity contribution in [3.8, 4) is 0 Å². The molecule has 3 aromatic rings. The fourth-order valence-electron chi connectivity index (χ4n) is 6.45. The van der Waals surface area contributed by atoms with E-state index in [0.29, 0.717) is 0 Å². The number of nitrogens with one attached hydrogen (secondary N) is 1. The van der Waals surface area contributed by atoms with Crippen LogP contribution in [0.4, 0.5) is 10.6 Å². The number of carbonyl (C=O) groups is 1. The summed E-state index contributed by atoms with van der Waals surface area (Å²) in [5.74, 6) is 0.914. The van der Waals surface area contributed by atoms with Crippen molar-refractivity contribution >= 4 is 23.1 Å². The van der Waals surface area contributed by atoms with Crippen molar-refractivity contribution in [1.82, 2.24) is 25.1 Å². The summed E-state index contributed by atoms with van der Waals surface area (Å²) in [6, 6.07) is 8.42. The molecule has 2 aromatic heterocycles. The van der Waals surface area contributed by atoms with Crippen LogP contribution in [0.1, 0.15) is 82.0 Å². The Bertz CT molecular complexity index is 1330. The van der Waals surface area contributed by atoms with Crippen molar-refractivity contribution < 1.29 is 14.3 Å². The Morgan fingerprint density at radius 3 is 2.68 bits per heavy atom. The summed E-state index contributed by atoms with van der Waals surface area (Å²) in [6.07, 6.45) is 7.36. The van der Waals surface area contributed by atoms with E-state index < -0.39 is 5.60 Å². The van der Waals surface area contributed by atoms with Gasteiger partial charge in [-0.15, -0.1) is 0 Å². The van der Waals surface area contributed by atoms with Gasteiger partial charge in [0.1, 0.15) is 11.1 Å². The van der Waals surface area contributed by atoms with Gasteiger partial charge >= 0.3 is 6.09 Å². The summed E-state index contributed by atoms with van der Waals surface area (Å²) >= 11 is 0. The molecule has 4 heterocycles. The number of rotatable bonds is 3. The molecule has 9 nitrogen and oxygen atoms in total. The maximum Gasteiger partial charge on any atom is 0.408 e. The van der Waals surface area contributed by atoms with Crippen LogP contribution < -0.4 is 10.2 Å². The van der Waals surface area contributed by atoms with E-state index in [4.69, 9.17) is 19.4 Å². The molecule has 6 rings (SSSR count). The molecule has 0 bridgehead atoms. The fraction of sp³-hybridized carbons (Fsp3) is 0.586. The highest BCUT2D eigenvalue weighted by molar-refractivity contribution is 5.73. The number of aromatic nitrogens is 4. The molecule has 2 saturated heterocycles. The van der Waals surface area contributed by atoms with E-state index in [2.05, 4.69) is 39.6 Å². The first-order chi connectivity index (χ1) is 18.2. The summed E-state index contributed by atoms with van der Waals surface area (Å²) < 4.78 is 13.5. The predicted octanol–water partition coefficient (Wildman–Crippen LogP) is 5.24. The van der Waals surface area contributed by atoms with Gasteiger partial charge in [0.25, 0.3) is 0 Å². The molecule has 1 N–H and O–H groups in total. The number of piperidine rings is 1. The smallest absolute Gasteiger partial charge is 0.408 e. The van der Waals surface area contributed by atoms with Gasteiger partial charge in [0, 0.05) is 25.1 Å². The van der Waals surface area contributed by atoms with Crippen LogP contribution in [0.15, 0.2) is 30.5 Å². The molecule has 38 heavy (non-hydrogen) atoms. The first-order valence-electron chi connectivity index (χ1n) is 13.9. The van der Waals surface area contributed by atoms with Gasteiger partial charge in [-0.05, 0) is 77.3 Å². The van der Waals surface area contributed by atoms with Crippen LogP contribution in [-0.4, -0.2) is 51.1 Å². The first-order valence-corrected chi connectivity index (χ1v) is 13.9. The van der Waals surface area contributed by atoms with E-state index in [0.717, 1.165) is 80.9 Å². The van der Waals surface area contributed by atoms with Crippen LogP contribution in [-0.2, 0) is 15.9 Å². The van der Waals surface area contributed by atoms with Crippen LogP contribution in [0.2, 0.25) is 0 Å². The third-order valence-corrected chi connectivity index (χ3v) is 8.24. The summed E-state index contributed by atoms with van der Waals surface area (Å²) in [4.78, 5) is 25.2. The molecule has 0 radical (unpaired) electrons. The molecule has 2 aliphatic heterocycles. The number of hydrogen-bond acceptors (Lipinski definition) is 7. The molecule has 9 heteroatoms. The van der Waals surface area contributed by atoms with Crippen molar-refractivity contribution in [2.24, 2.45) is 5.41 Å². The van der Waals surface area contributed by atoms with Crippen molar-refractivity contribution in [2.45, 2.75) is 84.1 Å². The molecule has 3 aliphatic rings. The number of ether oxygens (including phenoxy) is 2. The Balaban J connectivity index is 1.24. The lowest BCUT2D eigenvalue weighted by molar-refractivity contribution is -0.0370. The third kappa shape index (κ3) is 4.61. The van der Waals surface area contributed by atoms with E-state index in [-0.39, 0.29) is 23.8 Å². The van der Waals surface area contributed by atoms with Crippen molar-refractivity contribution in [3.05, 3.63) is 47.3 Å². The number of amides is 1. The Labute approximate surface area is 223 Å². The van der Waals surface area contributed by atoms with E-state index in [1.807, 2.05) is 32.4 Å². The SMILES string of the molecule is Cc1nc2cnn(C3CCCCO3)c2nc1N1CCC2(CC1)Cc1ccccc1[C@H]2NC(=O)OC(C)(C)C. The second-order valence-electron chi connectivity index (χ2n) is 12.1. The highest BCUT2D eigenvalue weighted by Crippen LogP contribution is 2.52. The van der Waals surface area contributed by atoms with Crippen molar-refractivity contribution in [1.29, 1.82) is 0 Å². The fourth-order valence-corrected chi connectivity index (χ4v) is 6.45. The molecule has 2 fully saturated rings. The van der Waals surface area contributed by atoms with Crippen LogP contribution >= 0.6 is 0 Å². The summed E-state index contributed by atoms with van der Waals surface area (Å²) in [6.45, 7) is 10.2. The van der Waals surface area contributed by atoms with Crippen LogP contribution in [0, 0.1) is 12.3 Å². The zero-order valence-electron chi connectivity index (χ0n) is 22.9. The largest absolute Gasteiger partial charge is 0.444 e. The van der Waals surface area contributed by atoms with E-state index in [9.17, 15) is 4.79 Å². The Kier molecular flexibility index (Phi) is 6.29. The molecule has 1 amide bonds. The van der Waals surface area contributed by atoms with Crippen LogP contribution in [0.3, 0.4) is 0 Å². The topological polar surface area (TPSA) is 94.4 Å². The Hall–Kier alpha value is -3.20. The molecular weight excluding hydrogens is 480 g/mol. The van der Waals surface area contributed by atoms with Gasteiger partial charge in [0.2, 0.25) is 0 Å². The monoisotopic (exact) mass is 518 g/mol. The minimum Gasteiger partial charge on any atom is -0.444 e. The number of carbonyl (C=O) groups excluding carboxylic acids is 1. The standard InChI is InChI=1S/C29H38N6O3/c1-19-25(33-26-22(31-19)18-30-35(26)23-11-7-8-16-37-23)34-14-12-29(13-15-34)17-20-9-5-6-10-21(20)24(29)32-27(36)38-28(2,3)4/h5-6,9-10,18,23-24H,7-8,11-17H2,1-4H3,(H,32,36)/t23?,24-/m1/s1. The van der Waals surface area contributed by atoms with Gasteiger partial charge in [-0.2, -0.15) is 5.10 Å². The number of hydrogen-bond donors (Lipinski definition) is 1. The number of fused-ring (bicyclic) bond motifs is 2. The molecule has 2 atom stereocenters. The van der Waals surface area contributed by atoms with Crippen LogP contribution in [0.25, 0.3) is 11.2 Å². The van der Waals surface area contributed by atoms with Gasteiger partial charge in [-0.25, -0.2) is 19.4 Å². The number of aryl methyl sites for hydroxylation is 1. The minimum absolute atomic E-state index is 0.0553. The van der Waals surface area contributed by atoms with Gasteiger partial charge < -0.3 is 19.7 Å². The number of alkyl carbamates (subject to hydrolysis) is 1. The average Bonchev–Trinajstić information content (AvgIpc) is 3.42. The summed E-state index contributed by atoms with van der Waals surface area (Å²) in [5, 5.41) is 7.84. The predicted molar refractivity (Wildman–Crippen MR) is 145 cm³/mol. The van der Waals surface area contributed by atoms with Gasteiger partial charge in [0.15, 0.2) is 17.7 Å². The quantitative estimate of drug-likeness (QED) is 0.507. The zero-order chi connectivity index (χ0) is 26.5. The number of anilines is 1. The highest BCUT2D eigenvalue weighted by atomic mass is 16.6. The number of nitrogens with zero attached hydrogens (tertiary/aromatic N) is 5. The van der Waals surface area contributed by atoms with Gasteiger partial charge in [-0.1, -0.05) is 24.3 Å². The molecule has 1 aromatic carbocycles.